The van der Waals surface area contributed by atoms with Crippen LogP contribution in [0.2, 0.25) is 0 Å². The normalized spacial score (nSPS) is 27.6. The van der Waals surface area contributed by atoms with Gasteiger partial charge in [0, 0.05) is 6.04 Å². The van der Waals surface area contributed by atoms with Crippen molar-refractivity contribution in [1.29, 1.82) is 0 Å². The van der Waals surface area contributed by atoms with Crippen molar-refractivity contribution in [2.75, 3.05) is 0 Å². The van der Waals surface area contributed by atoms with Gasteiger partial charge in [0.05, 0.1) is 4.47 Å². The van der Waals surface area contributed by atoms with E-state index in [2.05, 4.69) is 36.7 Å². The van der Waals surface area contributed by atoms with Crippen molar-refractivity contribution >= 4 is 15.9 Å². The second kappa shape index (κ2) is 6.15. The number of benzene rings is 1. The zero-order valence-electron chi connectivity index (χ0n) is 12.6. The molecule has 3 unspecified atom stereocenters. The van der Waals surface area contributed by atoms with Crippen molar-refractivity contribution < 1.29 is 4.39 Å². The third-order valence-corrected chi connectivity index (χ3v) is 5.36. The molecule has 0 aliphatic heterocycles. The first kappa shape index (κ1) is 16.0. The van der Waals surface area contributed by atoms with Crippen LogP contribution in [0.5, 0.6) is 0 Å². The van der Waals surface area contributed by atoms with Crippen LogP contribution < -0.4 is 5.73 Å². The van der Waals surface area contributed by atoms with Gasteiger partial charge in [-0.2, -0.15) is 0 Å². The van der Waals surface area contributed by atoms with E-state index in [1.54, 1.807) is 0 Å². The first-order valence-corrected chi connectivity index (χ1v) is 8.26. The summed E-state index contributed by atoms with van der Waals surface area (Å²) in [5.41, 5.74) is 7.84. The van der Waals surface area contributed by atoms with Gasteiger partial charge in [-0.25, -0.2) is 4.39 Å². The van der Waals surface area contributed by atoms with Gasteiger partial charge in [-0.3, -0.25) is 0 Å². The first-order valence-electron chi connectivity index (χ1n) is 7.47. The fourth-order valence-corrected chi connectivity index (χ4v) is 3.70. The number of hydrogen-bond acceptors (Lipinski definition) is 1. The number of rotatable bonds is 2. The van der Waals surface area contributed by atoms with Crippen LogP contribution in [0.4, 0.5) is 4.39 Å². The number of hydrogen-bond donors (Lipinski definition) is 1. The maximum atomic E-state index is 13.3. The fourth-order valence-electron chi connectivity index (χ4n) is 3.28. The Bertz CT molecular complexity index is 467. The van der Waals surface area contributed by atoms with E-state index in [0.29, 0.717) is 15.8 Å². The van der Waals surface area contributed by atoms with Crippen LogP contribution in [-0.4, -0.2) is 6.04 Å². The molecule has 1 aliphatic carbocycles. The summed E-state index contributed by atoms with van der Waals surface area (Å²) < 4.78 is 13.8. The van der Waals surface area contributed by atoms with Gasteiger partial charge in [-0.1, -0.05) is 26.8 Å². The average Bonchev–Trinajstić information content (AvgIpc) is 2.35. The van der Waals surface area contributed by atoms with Gasteiger partial charge in [-0.05, 0) is 76.6 Å². The molecule has 1 aromatic carbocycles. The van der Waals surface area contributed by atoms with Crippen molar-refractivity contribution in [3.05, 3.63) is 34.1 Å². The van der Waals surface area contributed by atoms with E-state index in [4.69, 9.17) is 5.73 Å². The summed E-state index contributed by atoms with van der Waals surface area (Å²) in [6.45, 7) is 6.96. The van der Waals surface area contributed by atoms with Gasteiger partial charge in [0.25, 0.3) is 0 Å². The summed E-state index contributed by atoms with van der Waals surface area (Å²) in [5, 5.41) is 0. The molecule has 0 radical (unpaired) electrons. The lowest BCUT2D eigenvalue weighted by atomic mass is 9.66. The Morgan fingerprint density at radius 3 is 2.60 bits per heavy atom. The van der Waals surface area contributed by atoms with Crippen molar-refractivity contribution in [2.24, 2.45) is 23.0 Å². The molecule has 0 saturated heterocycles. The molecule has 3 atom stereocenters. The molecule has 1 saturated carbocycles. The molecule has 1 aliphatic rings. The Labute approximate surface area is 130 Å². The highest BCUT2D eigenvalue weighted by Gasteiger charge is 2.34. The molecular formula is C17H25BrFN. The van der Waals surface area contributed by atoms with Gasteiger partial charge in [0.2, 0.25) is 0 Å². The maximum absolute atomic E-state index is 13.3. The van der Waals surface area contributed by atoms with E-state index in [1.165, 1.54) is 24.5 Å². The highest BCUT2D eigenvalue weighted by atomic mass is 79.9. The third kappa shape index (κ3) is 3.82. The maximum Gasteiger partial charge on any atom is 0.137 e. The van der Waals surface area contributed by atoms with Gasteiger partial charge in [0.15, 0.2) is 0 Å². The van der Waals surface area contributed by atoms with E-state index >= 15 is 0 Å². The lowest BCUT2D eigenvalue weighted by Crippen LogP contribution is -2.40. The van der Waals surface area contributed by atoms with Crippen LogP contribution in [0.3, 0.4) is 0 Å². The molecular weight excluding hydrogens is 317 g/mol. The standard InChI is InChI=1S/C17H25BrFN/c1-17(2,3)13-5-7-16(20)12(10-13)8-11-4-6-15(19)14(18)9-11/h4,6,9,12-13,16H,5,7-8,10,20H2,1-3H3. The lowest BCUT2D eigenvalue weighted by molar-refractivity contribution is 0.127. The Hall–Kier alpha value is -0.410. The van der Waals surface area contributed by atoms with E-state index in [9.17, 15) is 4.39 Å². The van der Waals surface area contributed by atoms with Crippen LogP contribution in [-0.2, 0) is 6.42 Å². The SMILES string of the molecule is CC(C)(C)C1CCC(N)C(Cc2ccc(F)c(Br)c2)C1. The van der Waals surface area contributed by atoms with Crippen LogP contribution in [0.15, 0.2) is 22.7 Å². The van der Waals surface area contributed by atoms with Crippen LogP contribution in [0.1, 0.15) is 45.6 Å². The first-order chi connectivity index (χ1) is 9.27. The van der Waals surface area contributed by atoms with E-state index in [1.807, 2.05) is 12.1 Å². The summed E-state index contributed by atoms with van der Waals surface area (Å²) in [6, 6.07) is 5.59. The third-order valence-electron chi connectivity index (χ3n) is 4.75. The van der Waals surface area contributed by atoms with Gasteiger partial charge >= 0.3 is 0 Å². The predicted molar refractivity (Wildman–Crippen MR) is 86.1 cm³/mol. The number of halogens is 2. The minimum atomic E-state index is -0.200. The molecule has 20 heavy (non-hydrogen) atoms. The summed E-state index contributed by atoms with van der Waals surface area (Å²) >= 11 is 3.26. The van der Waals surface area contributed by atoms with Gasteiger partial charge in [-0.15, -0.1) is 0 Å². The van der Waals surface area contributed by atoms with Crippen LogP contribution in [0, 0.1) is 23.1 Å². The van der Waals surface area contributed by atoms with Crippen molar-refractivity contribution in [3.63, 3.8) is 0 Å². The summed E-state index contributed by atoms with van der Waals surface area (Å²) in [5.74, 6) is 1.04. The zero-order chi connectivity index (χ0) is 14.9. The second-order valence-electron chi connectivity index (χ2n) is 7.25. The fraction of sp³-hybridized carbons (Fsp3) is 0.647. The molecule has 2 rings (SSSR count). The molecule has 112 valence electrons. The van der Waals surface area contributed by atoms with E-state index in [0.717, 1.165) is 18.8 Å². The van der Waals surface area contributed by atoms with E-state index < -0.39 is 0 Å². The zero-order valence-corrected chi connectivity index (χ0v) is 14.2. The number of nitrogens with two attached hydrogens (primary N) is 1. The molecule has 1 aromatic rings. The van der Waals surface area contributed by atoms with Gasteiger partial charge < -0.3 is 5.73 Å². The molecule has 0 aromatic heterocycles. The molecule has 3 heteroatoms. The quantitative estimate of drug-likeness (QED) is 0.811. The van der Waals surface area contributed by atoms with Crippen LogP contribution >= 0.6 is 15.9 Å². The van der Waals surface area contributed by atoms with E-state index in [-0.39, 0.29) is 11.9 Å². The summed E-state index contributed by atoms with van der Waals surface area (Å²) in [7, 11) is 0. The van der Waals surface area contributed by atoms with Crippen molar-refractivity contribution in [1.82, 2.24) is 0 Å². The lowest BCUT2D eigenvalue weighted by Gasteiger charge is -2.40. The minimum absolute atomic E-state index is 0.200. The minimum Gasteiger partial charge on any atom is -0.327 e. The summed E-state index contributed by atoms with van der Waals surface area (Å²) in [4.78, 5) is 0. The molecule has 1 fully saturated rings. The Kier molecular flexibility index (Phi) is 4.91. The smallest absolute Gasteiger partial charge is 0.137 e. The Morgan fingerprint density at radius 2 is 2.00 bits per heavy atom. The Balaban J connectivity index is 2.08. The highest BCUT2D eigenvalue weighted by Crippen LogP contribution is 2.40. The Morgan fingerprint density at radius 1 is 1.30 bits per heavy atom. The molecule has 0 amide bonds. The summed E-state index contributed by atoms with van der Waals surface area (Å²) in [6.07, 6.45) is 4.47. The average molecular weight is 342 g/mol. The van der Waals surface area contributed by atoms with Crippen molar-refractivity contribution in [2.45, 2.75) is 52.5 Å². The topological polar surface area (TPSA) is 26.0 Å². The predicted octanol–water partition coefficient (Wildman–Crippen LogP) is 4.92. The van der Waals surface area contributed by atoms with Gasteiger partial charge in [0.1, 0.15) is 5.82 Å². The largest absolute Gasteiger partial charge is 0.327 e. The molecule has 0 bridgehead atoms. The molecule has 0 spiro atoms. The van der Waals surface area contributed by atoms with Crippen LogP contribution in [0.25, 0.3) is 0 Å². The molecule has 2 N–H and O–H groups in total. The second-order valence-corrected chi connectivity index (χ2v) is 8.11. The monoisotopic (exact) mass is 341 g/mol. The molecule has 0 heterocycles. The van der Waals surface area contributed by atoms with Crippen molar-refractivity contribution in [3.8, 4) is 0 Å². The molecule has 1 nitrogen and oxygen atoms in total. The highest BCUT2D eigenvalue weighted by molar-refractivity contribution is 9.10.